The molecule has 0 spiro atoms. The maximum Gasteiger partial charge on any atom is 0.412 e. The summed E-state index contributed by atoms with van der Waals surface area (Å²) in [5.41, 5.74) is 1.09. The van der Waals surface area contributed by atoms with E-state index in [1.807, 2.05) is 37.3 Å². The number of ether oxygens (including phenoxy) is 1. The quantitative estimate of drug-likeness (QED) is 0.378. The second-order valence-electron chi connectivity index (χ2n) is 8.08. The predicted octanol–water partition coefficient (Wildman–Crippen LogP) is 4.93. The average molecular weight is 487 g/mol. The molecule has 1 aliphatic carbocycles. The van der Waals surface area contributed by atoms with Crippen molar-refractivity contribution in [2.45, 2.75) is 31.8 Å². The summed E-state index contributed by atoms with van der Waals surface area (Å²) >= 11 is 0.958. The number of anilines is 1. The minimum absolute atomic E-state index is 0.0217. The second kappa shape index (κ2) is 8.67. The first-order valence-electron chi connectivity index (χ1n) is 10.6. The van der Waals surface area contributed by atoms with Crippen LogP contribution >= 0.6 is 11.5 Å². The molecule has 0 saturated heterocycles. The minimum atomic E-state index is -0.960. The van der Waals surface area contributed by atoms with Gasteiger partial charge in [-0.1, -0.05) is 24.3 Å². The van der Waals surface area contributed by atoms with Crippen LogP contribution in [0.3, 0.4) is 0 Å². The molecule has 0 radical (unpaired) electrons. The fourth-order valence-corrected chi connectivity index (χ4v) is 4.22. The van der Waals surface area contributed by atoms with Crippen LogP contribution in [0.2, 0.25) is 0 Å². The van der Waals surface area contributed by atoms with E-state index < -0.39 is 17.5 Å². The molecule has 0 atom stereocenters. The highest BCUT2D eigenvalue weighted by Crippen LogP contribution is 2.50. The fourth-order valence-electron chi connectivity index (χ4n) is 3.57. The lowest BCUT2D eigenvalue weighted by Gasteiger charge is -2.08. The molecule has 174 valence electrons. The van der Waals surface area contributed by atoms with Gasteiger partial charge in [-0.25, -0.2) is 4.79 Å². The van der Waals surface area contributed by atoms with Crippen molar-refractivity contribution in [1.29, 1.82) is 5.26 Å². The zero-order valence-corrected chi connectivity index (χ0v) is 19.2. The predicted molar refractivity (Wildman–Crippen MR) is 125 cm³/mol. The van der Waals surface area contributed by atoms with Crippen LogP contribution in [0.25, 0.3) is 11.2 Å². The third kappa shape index (κ3) is 4.23. The van der Waals surface area contributed by atoms with E-state index in [1.165, 1.54) is 0 Å². The van der Waals surface area contributed by atoms with Crippen LogP contribution in [-0.2, 0) is 21.6 Å². The Morgan fingerprint density at radius 3 is 2.74 bits per heavy atom. The van der Waals surface area contributed by atoms with E-state index in [9.17, 15) is 20.0 Å². The molecule has 3 heterocycles. The largest absolute Gasteiger partial charge is 0.480 e. The number of fused-ring (bicyclic) bond motifs is 1. The molecule has 4 aromatic rings. The van der Waals surface area contributed by atoms with Crippen LogP contribution < -0.4 is 5.32 Å². The first-order valence-corrected chi connectivity index (χ1v) is 11.3. The third-order valence-corrected chi connectivity index (χ3v) is 6.55. The second-order valence-corrected chi connectivity index (χ2v) is 8.85. The minimum Gasteiger partial charge on any atom is -0.480 e. The smallest absolute Gasteiger partial charge is 0.412 e. The Labute approximate surface area is 203 Å². The van der Waals surface area contributed by atoms with Crippen LogP contribution in [-0.4, -0.2) is 21.5 Å². The van der Waals surface area contributed by atoms with E-state index >= 15 is 0 Å². The van der Waals surface area contributed by atoms with E-state index in [0.717, 1.165) is 22.7 Å². The van der Waals surface area contributed by atoms with Gasteiger partial charge in [0.05, 0.1) is 5.39 Å². The molecule has 1 aliphatic rings. The van der Waals surface area contributed by atoms with Gasteiger partial charge in [-0.15, -0.1) is 0 Å². The van der Waals surface area contributed by atoms with Crippen LogP contribution in [0.15, 0.2) is 45.2 Å². The average Bonchev–Trinajstić information content (AvgIpc) is 3.23. The number of nitrogens with zero attached hydrogens (tertiary/aromatic N) is 2. The number of carboxylic acid groups (broad SMARTS) is 1. The molecule has 1 saturated carbocycles. The Hall–Kier alpha value is -4.54. The Kier molecular flexibility index (Phi) is 5.51. The number of furan rings is 2. The molecule has 5 rings (SSSR count). The SMILES string of the molecule is Cc1ccccc1COC(=O)Nc1c(C#N)nsc1C#Cc1cc2cc(C3(C(=O)O)CC3)oc2o1. The molecule has 0 bridgehead atoms. The molecule has 1 amide bonds. The number of benzene rings is 1. The van der Waals surface area contributed by atoms with Crippen LogP contribution in [0.1, 0.15) is 46.1 Å². The van der Waals surface area contributed by atoms with Crippen molar-refractivity contribution in [3.05, 3.63) is 69.6 Å². The Bertz CT molecular complexity index is 1540. The van der Waals surface area contributed by atoms with Gasteiger partial charge in [0.15, 0.2) is 11.5 Å². The van der Waals surface area contributed by atoms with Crippen LogP contribution in [0.5, 0.6) is 0 Å². The van der Waals surface area contributed by atoms with Gasteiger partial charge in [0.1, 0.15) is 34.4 Å². The van der Waals surface area contributed by atoms with E-state index in [-0.39, 0.29) is 29.5 Å². The number of amides is 1. The lowest BCUT2D eigenvalue weighted by molar-refractivity contribution is -0.140. The van der Waals surface area contributed by atoms with Crippen molar-refractivity contribution in [2.24, 2.45) is 0 Å². The number of carbonyl (C=O) groups is 2. The highest BCUT2D eigenvalue weighted by molar-refractivity contribution is 7.07. The fraction of sp³-hybridized carbons (Fsp3) is 0.200. The zero-order chi connectivity index (χ0) is 24.6. The van der Waals surface area contributed by atoms with Gasteiger partial charge in [-0.2, -0.15) is 9.64 Å². The summed E-state index contributed by atoms with van der Waals surface area (Å²) < 4.78 is 20.5. The number of aryl methyl sites for hydroxylation is 1. The molecular formula is C25H17N3O6S. The van der Waals surface area contributed by atoms with Crippen LogP contribution in [0, 0.1) is 30.1 Å². The van der Waals surface area contributed by atoms with Gasteiger partial charge < -0.3 is 18.7 Å². The highest BCUT2D eigenvalue weighted by atomic mass is 32.1. The molecule has 0 aliphatic heterocycles. The lowest BCUT2D eigenvalue weighted by atomic mass is 10.0. The van der Waals surface area contributed by atoms with Crippen molar-refractivity contribution < 1.29 is 28.3 Å². The Morgan fingerprint density at radius 2 is 2.06 bits per heavy atom. The van der Waals surface area contributed by atoms with Gasteiger partial charge in [-0.3, -0.25) is 10.1 Å². The summed E-state index contributed by atoms with van der Waals surface area (Å²) in [6.07, 6.45) is 0.324. The summed E-state index contributed by atoms with van der Waals surface area (Å²) in [5, 5.41) is 21.9. The molecule has 35 heavy (non-hydrogen) atoms. The number of nitrogens with one attached hydrogen (secondary N) is 1. The molecule has 1 aromatic carbocycles. The molecule has 0 unspecified atom stereocenters. The molecular weight excluding hydrogens is 470 g/mol. The molecule has 1 fully saturated rings. The maximum atomic E-state index is 12.4. The zero-order valence-electron chi connectivity index (χ0n) is 18.4. The van der Waals surface area contributed by atoms with E-state index in [4.69, 9.17) is 13.6 Å². The number of aromatic nitrogens is 1. The molecule has 10 heteroatoms. The summed E-state index contributed by atoms with van der Waals surface area (Å²) in [6.45, 7) is 2.00. The van der Waals surface area contributed by atoms with Crippen molar-refractivity contribution >= 4 is 40.4 Å². The number of aliphatic carboxylic acids is 1. The number of hydrogen-bond donors (Lipinski definition) is 2. The normalized spacial score (nSPS) is 13.5. The van der Waals surface area contributed by atoms with Gasteiger partial charge in [-0.05, 0) is 60.3 Å². The topological polar surface area (TPSA) is 139 Å². The monoisotopic (exact) mass is 487 g/mol. The van der Waals surface area contributed by atoms with Crippen molar-refractivity contribution in [3.8, 4) is 17.9 Å². The standard InChI is InChI=1S/C25H17N3O6S/c1-14-4-2-3-5-15(14)13-32-24(31)27-21-18(12-26)28-35-19(21)7-6-17-10-16-11-20(34-22(16)33-17)25(8-9-25)23(29)30/h2-5,10-11H,8-9,13H2,1H3,(H,27,31)(H,29,30). The Balaban J connectivity index is 1.32. The number of carbonyl (C=O) groups excluding carboxylic acids is 1. The van der Waals surface area contributed by atoms with Gasteiger partial charge in [0.2, 0.25) is 0 Å². The van der Waals surface area contributed by atoms with Crippen molar-refractivity contribution in [1.82, 2.24) is 4.37 Å². The highest BCUT2D eigenvalue weighted by Gasteiger charge is 2.54. The first kappa shape index (κ1) is 22.3. The number of rotatable bonds is 5. The molecule has 3 aromatic heterocycles. The summed E-state index contributed by atoms with van der Waals surface area (Å²) in [5.74, 6) is 5.61. The van der Waals surface area contributed by atoms with Gasteiger partial charge in [0, 0.05) is 6.07 Å². The number of hydrogen-bond acceptors (Lipinski definition) is 8. The van der Waals surface area contributed by atoms with Crippen molar-refractivity contribution in [3.63, 3.8) is 0 Å². The van der Waals surface area contributed by atoms with Gasteiger partial charge in [0.25, 0.3) is 5.78 Å². The molecule has 9 nitrogen and oxygen atoms in total. The number of nitriles is 1. The summed E-state index contributed by atoms with van der Waals surface area (Å²) in [7, 11) is 0. The molecule has 2 N–H and O–H groups in total. The lowest BCUT2D eigenvalue weighted by Crippen LogP contribution is -2.18. The Morgan fingerprint density at radius 1 is 1.26 bits per heavy atom. The van der Waals surface area contributed by atoms with Crippen molar-refractivity contribution in [2.75, 3.05) is 5.32 Å². The summed E-state index contributed by atoms with van der Waals surface area (Å²) in [4.78, 5) is 24.2. The van der Waals surface area contributed by atoms with E-state index in [0.29, 0.717) is 28.9 Å². The van der Waals surface area contributed by atoms with E-state index in [1.54, 1.807) is 12.1 Å². The third-order valence-electron chi connectivity index (χ3n) is 5.79. The summed E-state index contributed by atoms with van der Waals surface area (Å²) in [6, 6.07) is 12.8. The van der Waals surface area contributed by atoms with E-state index in [2.05, 4.69) is 21.5 Å². The maximum absolute atomic E-state index is 12.4. The van der Waals surface area contributed by atoms with Gasteiger partial charge >= 0.3 is 12.1 Å². The first-order chi connectivity index (χ1) is 16.9. The van der Waals surface area contributed by atoms with Crippen LogP contribution in [0.4, 0.5) is 10.5 Å². The number of carboxylic acids is 1.